The molecular weight excluding hydrogens is 262 g/mol. The first-order valence-electron chi connectivity index (χ1n) is 6.71. The van der Waals surface area contributed by atoms with Crippen molar-refractivity contribution in [1.82, 2.24) is 21.2 Å². The van der Waals surface area contributed by atoms with E-state index in [9.17, 15) is 0 Å². The summed E-state index contributed by atoms with van der Waals surface area (Å²) >= 11 is 0. The van der Waals surface area contributed by atoms with E-state index in [0.717, 1.165) is 16.9 Å². The second kappa shape index (κ2) is 7.81. The van der Waals surface area contributed by atoms with E-state index in [0.29, 0.717) is 12.3 Å². The van der Waals surface area contributed by atoms with Crippen molar-refractivity contribution < 1.29 is 0 Å². The summed E-state index contributed by atoms with van der Waals surface area (Å²) in [5.41, 5.74) is 8.24. The van der Waals surface area contributed by atoms with Crippen molar-refractivity contribution in [2.24, 2.45) is 0 Å². The fraction of sp³-hybridized carbons (Fsp3) is 0.125. The quantitative estimate of drug-likeness (QED) is 0.461. The molecule has 1 heterocycles. The molecule has 5 heteroatoms. The number of nitrogens with one attached hydrogen (secondary N) is 4. The lowest BCUT2D eigenvalue weighted by Crippen LogP contribution is -2.35. The molecule has 0 aliphatic rings. The Morgan fingerprint density at radius 2 is 2.00 bits per heavy atom. The summed E-state index contributed by atoms with van der Waals surface area (Å²) in [5.74, 6) is 0.732. The van der Waals surface area contributed by atoms with Crippen LogP contribution in [-0.2, 0) is 6.54 Å². The van der Waals surface area contributed by atoms with E-state index < -0.39 is 0 Å². The molecule has 2 aromatic rings. The van der Waals surface area contributed by atoms with Crippen molar-refractivity contribution in [3.63, 3.8) is 0 Å². The van der Waals surface area contributed by atoms with Crippen LogP contribution in [0.15, 0.2) is 66.8 Å². The zero-order valence-corrected chi connectivity index (χ0v) is 11.9. The van der Waals surface area contributed by atoms with Crippen LogP contribution in [0.5, 0.6) is 0 Å². The van der Waals surface area contributed by atoms with Crippen LogP contribution in [0.2, 0.25) is 0 Å². The summed E-state index contributed by atoms with van der Waals surface area (Å²) in [5, 5.41) is 11.4. The smallest absolute Gasteiger partial charge is 0.116 e. The largest absolute Gasteiger partial charge is 0.367 e. The predicted octanol–water partition coefficient (Wildman–Crippen LogP) is 1.80. The molecular formula is C16H19N5. The van der Waals surface area contributed by atoms with Crippen LogP contribution in [0.4, 0.5) is 0 Å². The number of rotatable bonds is 7. The lowest BCUT2D eigenvalue weighted by atomic mass is 10.1. The normalized spacial score (nSPS) is 11.0. The van der Waals surface area contributed by atoms with Gasteiger partial charge in [0, 0.05) is 32.1 Å². The minimum absolute atomic E-state index is 0.437. The first-order valence-corrected chi connectivity index (χ1v) is 6.71. The van der Waals surface area contributed by atoms with Crippen LogP contribution in [0, 0.1) is 5.41 Å². The fourth-order valence-corrected chi connectivity index (χ4v) is 1.81. The van der Waals surface area contributed by atoms with Gasteiger partial charge in [0.1, 0.15) is 5.82 Å². The molecule has 4 N–H and O–H groups in total. The monoisotopic (exact) mass is 281 g/mol. The average molecular weight is 281 g/mol. The second-order valence-electron chi connectivity index (χ2n) is 4.43. The Kier molecular flexibility index (Phi) is 5.49. The highest BCUT2D eigenvalue weighted by molar-refractivity contribution is 6.06. The second-order valence-corrected chi connectivity index (χ2v) is 4.43. The Morgan fingerprint density at radius 3 is 2.67 bits per heavy atom. The van der Waals surface area contributed by atoms with Crippen molar-refractivity contribution in [3.05, 3.63) is 77.9 Å². The summed E-state index contributed by atoms with van der Waals surface area (Å²) < 4.78 is 0. The molecule has 0 unspecified atom stereocenters. The highest BCUT2D eigenvalue weighted by Crippen LogP contribution is 2.02. The van der Waals surface area contributed by atoms with Gasteiger partial charge in [0.05, 0.1) is 5.71 Å². The van der Waals surface area contributed by atoms with Gasteiger partial charge < -0.3 is 16.2 Å². The zero-order valence-electron chi connectivity index (χ0n) is 11.9. The Hall–Kier alpha value is -2.66. The van der Waals surface area contributed by atoms with Crippen molar-refractivity contribution >= 4 is 5.71 Å². The molecule has 0 aliphatic carbocycles. The number of allylic oxidation sites excluding steroid dienone is 1. The Balaban J connectivity index is 2.04. The molecule has 0 atom stereocenters. The van der Waals surface area contributed by atoms with Crippen LogP contribution >= 0.6 is 0 Å². The molecule has 5 nitrogen and oxygen atoms in total. The van der Waals surface area contributed by atoms with Crippen LogP contribution in [0.25, 0.3) is 0 Å². The minimum atomic E-state index is 0.437. The number of hydrogen-bond donors (Lipinski definition) is 4. The van der Waals surface area contributed by atoms with Crippen LogP contribution in [0.3, 0.4) is 0 Å². The molecule has 0 amide bonds. The first kappa shape index (κ1) is 14.7. The molecule has 0 radical (unpaired) electrons. The Morgan fingerprint density at radius 1 is 1.19 bits per heavy atom. The van der Waals surface area contributed by atoms with E-state index in [-0.39, 0.29) is 0 Å². The average Bonchev–Trinajstić information content (AvgIpc) is 2.54. The zero-order chi connectivity index (χ0) is 14.9. The lowest BCUT2D eigenvalue weighted by Gasteiger charge is -2.13. The summed E-state index contributed by atoms with van der Waals surface area (Å²) in [6.07, 6.45) is 5.31. The molecule has 0 spiro atoms. The number of aromatic nitrogens is 1. The summed E-state index contributed by atoms with van der Waals surface area (Å²) in [6, 6.07) is 13.5. The van der Waals surface area contributed by atoms with Crippen LogP contribution in [-0.4, -0.2) is 17.7 Å². The molecule has 0 bridgehead atoms. The van der Waals surface area contributed by atoms with E-state index in [1.54, 1.807) is 19.3 Å². The summed E-state index contributed by atoms with van der Waals surface area (Å²) in [7, 11) is 1.78. The minimum Gasteiger partial charge on any atom is -0.367 e. The van der Waals surface area contributed by atoms with Gasteiger partial charge in [0.15, 0.2) is 0 Å². The summed E-state index contributed by atoms with van der Waals surface area (Å²) in [4.78, 5) is 4.08. The Labute approximate surface area is 124 Å². The SMILES string of the molecule is CNN/C(=C\C(=N)c1ccccc1)NCc1cccnc1. The topological polar surface area (TPSA) is 72.8 Å². The van der Waals surface area contributed by atoms with Crippen molar-refractivity contribution in [1.29, 1.82) is 5.41 Å². The van der Waals surface area contributed by atoms with Crippen molar-refractivity contribution in [2.45, 2.75) is 6.54 Å². The fourth-order valence-electron chi connectivity index (χ4n) is 1.81. The predicted molar refractivity (Wildman–Crippen MR) is 84.6 cm³/mol. The molecule has 2 rings (SSSR count). The van der Waals surface area contributed by atoms with Gasteiger partial charge in [-0.15, -0.1) is 0 Å². The highest BCUT2D eigenvalue weighted by atomic mass is 15.4. The van der Waals surface area contributed by atoms with Crippen molar-refractivity contribution in [3.8, 4) is 0 Å². The first-order chi connectivity index (χ1) is 10.3. The van der Waals surface area contributed by atoms with Gasteiger partial charge >= 0.3 is 0 Å². The lowest BCUT2D eigenvalue weighted by molar-refractivity contribution is 0.614. The third kappa shape index (κ3) is 4.74. The van der Waals surface area contributed by atoms with E-state index >= 15 is 0 Å². The molecule has 0 fully saturated rings. The van der Waals surface area contributed by atoms with E-state index in [2.05, 4.69) is 21.2 Å². The number of pyridine rings is 1. The molecule has 108 valence electrons. The van der Waals surface area contributed by atoms with E-state index in [1.807, 2.05) is 48.7 Å². The molecule has 0 saturated heterocycles. The maximum absolute atomic E-state index is 8.13. The van der Waals surface area contributed by atoms with Gasteiger partial charge in [0.2, 0.25) is 0 Å². The maximum atomic E-state index is 8.13. The number of hydrazine groups is 1. The van der Waals surface area contributed by atoms with Crippen molar-refractivity contribution in [2.75, 3.05) is 7.05 Å². The Bertz CT molecular complexity index is 593. The number of benzene rings is 1. The molecule has 0 aliphatic heterocycles. The third-order valence-electron chi connectivity index (χ3n) is 2.84. The van der Waals surface area contributed by atoms with E-state index in [1.165, 1.54) is 0 Å². The third-order valence-corrected chi connectivity index (χ3v) is 2.84. The molecule has 1 aromatic carbocycles. The standard InChI is InChI=1S/C16H19N5/c1-18-21-16(20-12-13-6-5-9-19-11-13)10-15(17)14-7-3-2-4-8-14/h2-11,17-18,20-21H,12H2,1H3/b16-10-,17-15?. The molecule has 21 heavy (non-hydrogen) atoms. The van der Waals surface area contributed by atoms with E-state index in [4.69, 9.17) is 5.41 Å². The van der Waals surface area contributed by atoms with Gasteiger partial charge in [-0.25, -0.2) is 5.43 Å². The van der Waals surface area contributed by atoms with Gasteiger partial charge in [-0.1, -0.05) is 36.4 Å². The molecule has 1 aromatic heterocycles. The van der Waals surface area contributed by atoms with Gasteiger partial charge in [0.25, 0.3) is 0 Å². The van der Waals surface area contributed by atoms with Crippen LogP contribution in [0.1, 0.15) is 11.1 Å². The summed E-state index contributed by atoms with van der Waals surface area (Å²) in [6.45, 7) is 0.635. The van der Waals surface area contributed by atoms with Gasteiger partial charge in [-0.05, 0) is 17.2 Å². The highest BCUT2D eigenvalue weighted by Gasteiger charge is 2.01. The number of hydrogen-bond acceptors (Lipinski definition) is 5. The van der Waals surface area contributed by atoms with Crippen LogP contribution < -0.4 is 16.2 Å². The molecule has 0 saturated carbocycles. The van der Waals surface area contributed by atoms with Gasteiger partial charge in [-0.3, -0.25) is 4.98 Å². The van der Waals surface area contributed by atoms with Gasteiger partial charge in [-0.2, -0.15) is 0 Å². The maximum Gasteiger partial charge on any atom is 0.116 e. The number of nitrogens with zero attached hydrogens (tertiary/aromatic N) is 1.